The van der Waals surface area contributed by atoms with E-state index < -0.39 is 0 Å². The Morgan fingerprint density at radius 3 is 2.50 bits per heavy atom. The number of ether oxygens (including phenoxy) is 1. The van der Waals surface area contributed by atoms with Gasteiger partial charge in [-0.1, -0.05) is 6.07 Å². The van der Waals surface area contributed by atoms with Gasteiger partial charge in [0.25, 0.3) is 0 Å². The summed E-state index contributed by atoms with van der Waals surface area (Å²) in [4.78, 5) is 3.95. The van der Waals surface area contributed by atoms with Gasteiger partial charge in [-0.3, -0.25) is 0 Å². The highest BCUT2D eigenvalue weighted by molar-refractivity contribution is 5.85. The minimum Gasteiger partial charge on any atom is -0.481 e. The van der Waals surface area contributed by atoms with Crippen molar-refractivity contribution < 1.29 is 9.84 Å². The van der Waals surface area contributed by atoms with Crippen molar-refractivity contribution in [1.82, 2.24) is 4.98 Å². The molecular formula is C8H14Cl2N2O2. The van der Waals surface area contributed by atoms with Crippen LogP contribution in [0.25, 0.3) is 0 Å². The third-order valence-electron chi connectivity index (χ3n) is 1.59. The van der Waals surface area contributed by atoms with Crippen molar-refractivity contribution in [2.75, 3.05) is 13.7 Å². The maximum atomic E-state index is 8.73. The van der Waals surface area contributed by atoms with Crippen LogP contribution >= 0.6 is 24.8 Å². The van der Waals surface area contributed by atoms with E-state index in [0.717, 1.165) is 5.56 Å². The smallest absolute Gasteiger partial charge is 0.212 e. The first-order valence-corrected chi connectivity index (χ1v) is 3.64. The zero-order valence-corrected chi connectivity index (χ0v) is 9.35. The molecule has 0 bridgehead atoms. The largest absolute Gasteiger partial charge is 0.481 e. The molecule has 0 fully saturated rings. The van der Waals surface area contributed by atoms with Gasteiger partial charge >= 0.3 is 0 Å². The summed E-state index contributed by atoms with van der Waals surface area (Å²) in [7, 11) is 1.55. The van der Waals surface area contributed by atoms with Gasteiger partial charge in [0, 0.05) is 12.3 Å². The van der Waals surface area contributed by atoms with E-state index in [4.69, 9.17) is 15.6 Å². The topological polar surface area (TPSA) is 68.4 Å². The Morgan fingerprint density at radius 1 is 1.50 bits per heavy atom. The van der Waals surface area contributed by atoms with Crippen LogP contribution < -0.4 is 10.5 Å². The van der Waals surface area contributed by atoms with Crippen molar-refractivity contribution in [3.8, 4) is 5.88 Å². The predicted octanol–water partition coefficient (Wildman–Crippen LogP) is 0.926. The number of hydrogen-bond acceptors (Lipinski definition) is 4. The van der Waals surface area contributed by atoms with Crippen LogP contribution in [0.15, 0.2) is 18.3 Å². The van der Waals surface area contributed by atoms with Crippen molar-refractivity contribution in [2.45, 2.75) is 6.04 Å². The molecule has 0 aliphatic carbocycles. The molecule has 14 heavy (non-hydrogen) atoms. The number of methoxy groups -OCH3 is 1. The number of pyridine rings is 1. The Hall–Kier alpha value is -0.550. The standard InChI is InChI=1S/C8H12N2O2.2ClH/c1-12-8-3-2-6(4-10-8)7(9)5-11;;/h2-4,7,11H,5,9H2,1H3;2*1H/t7-;;/m0../s1. The molecule has 1 aromatic heterocycles. The van der Waals surface area contributed by atoms with E-state index in [-0.39, 0.29) is 37.5 Å². The number of aliphatic hydroxyl groups is 1. The predicted molar refractivity (Wildman–Crippen MR) is 59.3 cm³/mol. The second kappa shape index (κ2) is 7.82. The van der Waals surface area contributed by atoms with Crippen LogP contribution in [0.2, 0.25) is 0 Å². The third-order valence-corrected chi connectivity index (χ3v) is 1.59. The average molecular weight is 241 g/mol. The molecule has 0 aliphatic heterocycles. The highest BCUT2D eigenvalue weighted by atomic mass is 35.5. The van der Waals surface area contributed by atoms with Crippen LogP contribution in [0, 0.1) is 0 Å². The maximum absolute atomic E-state index is 8.73. The molecule has 0 spiro atoms. The van der Waals surface area contributed by atoms with E-state index in [0.29, 0.717) is 5.88 Å². The fourth-order valence-electron chi connectivity index (χ4n) is 0.837. The van der Waals surface area contributed by atoms with Crippen molar-refractivity contribution in [3.63, 3.8) is 0 Å². The van der Waals surface area contributed by atoms with E-state index in [1.165, 1.54) is 0 Å². The Kier molecular flexibility index (Phi) is 8.88. The summed E-state index contributed by atoms with van der Waals surface area (Å²) in [5.74, 6) is 0.545. The Morgan fingerprint density at radius 2 is 2.14 bits per heavy atom. The lowest BCUT2D eigenvalue weighted by atomic mass is 10.1. The van der Waals surface area contributed by atoms with E-state index in [2.05, 4.69) is 4.98 Å². The van der Waals surface area contributed by atoms with Crippen LogP contribution in [-0.4, -0.2) is 23.8 Å². The molecule has 1 rings (SSSR count). The molecule has 1 heterocycles. The Labute approximate surface area is 95.3 Å². The zero-order chi connectivity index (χ0) is 8.97. The van der Waals surface area contributed by atoms with Crippen LogP contribution in [0.1, 0.15) is 11.6 Å². The lowest BCUT2D eigenvalue weighted by molar-refractivity contribution is 0.267. The third kappa shape index (κ3) is 4.11. The van der Waals surface area contributed by atoms with Crippen molar-refractivity contribution >= 4 is 24.8 Å². The first-order chi connectivity index (χ1) is 5.77. The lowest BCUT2D eigenvalue weighted by Crippen LogP contribution is -2.14. The van der Waals surface area contributed by atoms with Gasteiger partial charge in [0.05, 0.1) is 19.8 Å². The molecule has 0 amide bonds. The lowest BCUT2D eigenvalue weighted by Gasteiger charge is -2.07. The number of nitrogens with two attached hydrogens (primary N) is 1. The SMILES string of the molecule is COc1ccc([C@@H](N)CO)cn1.Cl.Cl. The van der Waals surface area contributed by atoms with Crippen molar-refractivity contribution in [2.24, 2.45) is 5.73 Å². The minimum absolute atomic E-state index is 0. The molecule has 0 saturated heterocycles. The summed E-state index contributed by atoms with van der Waals surface area (Å²) in [6.07, 6.45) is 1.60. The van der Waals surface area contributed by atoms with Crippen molar-refractivity contribution in [3.05, 3.63) is 23.9 Å². The summed E-state index contributed by atoms with van der Waals surface area (Å²) < 4.78 is 4.87. The molecule has 0 aromatic carbocycles. The molecule has 0 unspecified atom stereocenters. The van der Waals surface area contributed by atoms with Crippen LogP contribution in [-0.2, 0) is 0 Å². The van der Waals surface area contributed by atoms with Gasteiger partial charge in [-0.2, -0.15) is 0 Å². The second-order valence-corrected chi connectivity index (χ2v) is 2.42. The summed E-state index contributed by atoms with van der Waals surface area (Å²) in [6, 6.07) is 3.14. The van der Waals surface area contributed by atoms with Crippen LogP contribution in [0.4, 0.5) is 0 Å². The number of rotatable bonds is 3. The normalized spacial score (nSPS) is 10.8. The second-order valence-electron chi connectivity index (χ2n) is 2.42. The number of hydrogen-bond donors (Lipinski definition) is 2. The average Bonchev–Trinajstić information content (AvgIpc) is 2.17. The van der Waals surface area contributed by atoms with Gasteiger partial charge in [-0.15, -0.1) is 24.8 Å². The number of nitrogens with zero attached hydrogens (tertiary/aromatic N) is 1. The summed E-state index contributed by atoms with van der Waals surface area (Å²) in [5, 5.41) is 8.73. The number of halogens is 2. The highest BCUT2D eigenvalue weighted by Gasteiger charge is 2.03. The van der Waals surface area contributed by atoms with Gasteiger partial charge in [0.1, 0.15) is 0 Å². The van der Waals surface area contributed by atoms with E-state index in [9.17, 15) is 0 Å². The molecule has 1 aromatic rings. The molecular weight excluding hydrogens is 227 g/mol. The number of aliphatic hydroxyl groups excluding tert-OH is 1. The zero-order valence-electron chi connectivity index (χ0n) is 7.71. The van der Waals surface area contributed by atoms with Gasteiger partial charge in [-0.05, 0) is 5.56 Å². The van der Waals surface area contributed by atoms with Gasteiger partial charge < -0.3 is 15.6 Å². The summed E-state index contributed by atoms with van der Waals surface area (Å²) in [6.45, 7) is -0.0754. The molecule has 82 valence electrons. The Bertz CT molecular complexity index is 244. The quantitative estimate of drug-likeness (QED) is 0.825. The van der Waals surface area contributed by atoms with E-state index in [1.807, 2.05) is 0 Å². The Balaban J connectivity index is 0. The molecule has 3 N–H and O–H groups in total. The monoisotopic (exact) mass is 240 g/mol. The fraction of sp³-hybridized carbons (Fsp3) is 0.375. The molecule has 0 saturated carbocycles. The molecule has 0 aliphatic rings. The van der Waals surface area contributed by atoms with E-state index >= 15 is 0 Å². The molecule has 1 atom stereocenters. The maximum Gasteiger partial charge on any atom is 0.212 e. The first kappa shape index (κ1) is 15.9. The number of aromatic nitrogens is 1. The molecule has 0 radical (unpaired) electrons. The first-order valence-electron chi connectivity index (χ1n) is 3.64. The summed E-state index contributed by atoms with van der Waals surface area (Å²) >= 11 is 0. The van der Waals surface area contributed by atoms with Gasteiger partial charge in [0.2, 0.25) is 5.88 Å². The fourth-order valence-corrected chi connectivity index (χ4v) is 0.837. The highest BCUT2D eigenvalue weighted by Crippen LogP contribution is 2.11. The van der Waals surface area contributed by atoms with Gasteiger partial charge in [0.15, 0.2) is 0 Å². The summed E-state index contributed by atoms with van der Waals surface area (Å²) in [5.41, 5.74) is 6.36. The van der Waals surface area contributed by atoms with Crippen LogP contribution in [0.5, 0.6) is 5.88 Å². The van der Waals surface area contributed by atoms with Gasteiger partial charge in [-0.25, -0.2) is 4.98 Å². The molecule has 6 heteroatoms. The molecule has 4 nitrogen and oxygen atoms in total. The van der Waals surface area contributed by atoms with E-state index in [1.54, 1.807) is 25.4 Å². The van der Waals surface area contributed by atoms with Crippen molar-refractivity contribution in [1.29, 1.82) is 0 Å². The van der Waals surface area contributed by atoms with Crippen LogP contribution in [0.3, 0.4) is 0 Å². The minimum atomic E-state index is -0.358.